The quantitative estimate of drug-likeness (QED) is 0.810. The van der Waals surface area contributed by atoms with E-state index in [-0.39, 0.29) is 11.7 Å². The average Bonchev–Trinajstić information content (AvgIpc) is 3.00. The summed E-state index contributed by atoms with van der Waals surface area (Å²) < 4.78 is 24.1. The maximum absolute atomic E-state index is 13.7. The molecule has 1 heterocycles. The van der Waals surface area contributed by atoms with E-state index in [9.17, 15) is 9.18 Å². The van der Waals surface area contributed by atoms with Gasteiger partial charge < -0.3 is 14.8 Å². The van der Waals surface area contributed by atoms with Crippen molar-refractivity contribution in [2.45, 2.75) is 12.8 Å². The molecule has 1 aliphatic rings. The lowest BCUT2D eigenvalue weighted by Gasteiger charge is -2.07. The number of carbonyl (C=O) groups excluding carboxylic acids is 1. The average molecular weight is 354 g/mol. The lowest BCUT2D eigenvalue weighted by molar-refractivity contribution is -0.115. The van der Waals surface area contributed by atoms with Crippen LogP contribution in [0.1, 0.15) is 17.5 Å². The van der Waals surface area contributed by atoms with Crippen LogP contribution in [-0.4, -0.2) is 26.0 Å². The summed E-state index contributed by atoms with van der Waals surface area (Å²) in [6, 6.07) is 11.9. The zero-order chi connectivity index (χ0) is 18.5. The number of carbonyl (C=O) groups is 1. The third kappa shape index (κ3) is 3.91. The number of aliphatic imine (C=N–C) groups is 1. The molecule has 5 nitrogen and oxygen atoms in total. The van der Waals surface area contributed by atoms with Crippen molar-refractivity contribution in [1.82, 2.24) is 5.32 Å². The summed E-state index contributed by atoms with van der Waals surface area (Å²) >= 11 is 0. The summed E-state index contributed by atoms with van der Waals surface area (Å²) in [6.45, 7) is 0. The fourth-order valence-electron chi connectivity index (χ4n) is 2.69. The van der Waals surface area contributed by atoms with Crippen molar-refractivity contribution < 1.29 is 18.7 Å². The molecule has 0 aromatic heterocycles. The van der Waals surface area contributed by atoms with Gasteiger partial charge in [-0.1, -0.05) is 24.3 Å². The lowest BCUT2D eigenvalue weighted by atomic mass is 10.1. The molecule has 0 aliphatic carbocycles. The molecule has 3 rings (SSSR count). The molecule has 0 saturated heterocycles. The van der Waals surface area contributed by atoms with E-state index < -0.39 is 0 Å². The zero-order valence-corrected chi connectivity index (χ0v) is 14.6. The molecule has 1 amide bonds. The highest BCUT2D eigenvalue weighted by molar-refractivity contribution is 6.14. The fraction of sp³-hybridized carbons (Fsp3) is 0.200. The number of aryl methyl sites for hydroxylation is 1. The number of hydrogen-bond acceptors (Lipinski definition) is 4. The van der Waals surface area contributed by atoms with Gasteiger partial charge >= 0.3 is 0 Å². The van der Waals surface area contributed by atoms with Gasteiger partial charge in [0.15, 0.2) is 11.5 Å². The Morgan fingerprint density at radius 2 is 1.85 bits per heavy atom. The van der Waals surface area contributed by atoms with Crippen molar-refractivity contribution in [2.75, 3.05) is 14.2 Å². The van der Waals surface area contributed by atoms with Gasteiger partial charge in [-0.2, -0.15) is 0 Å². The van der Waals surface area contributed by atoms with Crippen LogP contribution in [0.15, 0.2) is 53.2 Å². The first-order chi connectivity index (χ1) is 12.6. The summed E-state index contributed by atoms with van der Waals surface area (Å²) in [6.07, 6.45) is 2.60. The normalized spacial score (nSPS) is 15.0. The number of rotatable bonds is 6. The maximum Gasteiger partial charge on any atom is 0.275 e. The highest BCUT2D eigenvalue weighted by Crippen LogP contribution is 2.28. The second-order valence-corrected chi connectivity index (χ2v) is 5.75. The highest BCUT2D eigenvalue weighted by atomic mass is 19.1. The first-order valence-corrected chi connectivity index (χ1v) is 8.16. The van der Waals surface area contributed by atoms with Gasteiger partial charge in [-0.05, 0) is 41.8 Å². The standard InChI is InChI=1S/C20H19FN2O3/c1-25-17-9-7-13(12-18(17)26-2)11-16-20(24)23-19(22-16)10-8-14-5-3-4-6-15(14)21/h3-7,9,11-12H,8,10H2,1-2H3,(H,22,23,24)/b16-11+. The summed E-state index contributed by atoms with van der Waals surface area (Å²) in [5.41, 5.74) is 1.68. The zero-order valence-electron chi connectivity index (χ0n) is 14.6. The fourth-order valence-corrected chi connectivity index (χ4v) is 2.69. The van der Waals surface area contributed by atoms with Crippen LogP contribution in [0.5, 0.6) is 11.5 Å². The first-order valence-electron chi connectivity index (χ1n) is 8.16. The molecule has 2 aromatic rings. The number of nitrogens with one attached hydrogen (secondary N) is 1. The molecular weight excluding hydrogens is 335 g/mol. The molecule has 134 valence electrons. The minimum absolute atomic E-state index is 0.251. The second kappa shape index (κ2) is 7.82. The smallest absolute Gasteiger partial charge is 0.275 e. The summed E-state index contributed by atoms with van der Waals surface area (Å²) in [4.78, 5) is 16.5. The Kier molecular flexibility index (Phi) is 5.31. The van der Waals surface area contributed by atoms with Crippen LogP contribution >= 0.6 is 0 Å². The largest absolute Gasteiger partial charge is 0.493 e. The molecule has 1 aliphatic heterocycles. The number of halogens is 1. The van der Waals surface area contributed by atoms with E-state index >= 15 is 0 Å². The van der Waals surface area contributed by atoms with Gasteiger partial charge in [-0.15, -0.1) is 0 Å². The Morgan fingerprint density at radius 3 is 2.58 bits per heavy atom. The molecule has 0 bridgehead atoms. The van der Waals surface area contributed by atoms with Crippen LogP contribution in [0.4, 0.5) is 4.39 Å². The van der Waals surface area contributed by atoms with Gasteiger partial charge in [0.05, 0.1) is 14.2 Å². The molecule has 26 heavy (non-hydrogen) atoms. The van der Waals surface area contributed by atoms with Crippen LogP contribution < -0.4 is 14.8 Å². The van der Waals surface area contributed by atoms with Crippen LogP contribution in [0, 0.1) is 5.82 Å². The van der Waals surface area contributed by atoms with Gasteiger partial charge in [0.1, 0.15) is 17.3 Å². The summed E-state index contributed by atoms with van der Waals surface area (Å²) in [5.74, 6) is 1.19. The van der Waals surface area contributed by atoms with Gasteiger partial charge in [0.2, 0.25) is 0 Å². The molecule has 0 unspecified atom stereocenters. The van der Waals surface area contributed by atoms with Crippen molar-refractivity contribution in [3.05, 3.63) is 65.1 Å². The maximum atomic E-state index is 13.7. The van der Waals surface area contributed by atoms with E-state index in [0.717, 1.165) is 5.56 Å². The topological polar surface area (TPSA) is 59.9 Å². The van der Waals surface area contributed by atoms with Gasteiger partial charge in [-0.3, -0.25) is 4.79 Å². The van der Waals surface area contributed by atoms with E-state index in [4.69, 9.17) is 9.47 Å². The Morgan fingerprint density at radius 1 is 1.08 bits per heavy atom. The van der Waals surface area contributed by atoms with Crippen LogP contribution in [0.25, 0.3) is 6.08 Å². The Hall–Kier alpha value is -3.15. The molecule has 1 N–H and O–H groups in total. The number of hydrogen-bond donors (Lipinski definition) is 1. The molecule has 6 heteroatoms. The minimum Gasteiger partial charge on any atom is -0.493 e. The van der Waals surface area contributed by atoms with Crippen molar-refractivity contribution >= 4 is 17.8 Å². The number of nitrogens with zero attached hydrogens (tertiary/aromatic N) is 1. The molecular formula is C20H19FN2O3. The highest BCUT2D eigenvalue weighted by Gasteiger charge is 2.20. The van der Waals surface area contributed by atoms with E-state index in [1.54, 1.807) is 50.6 Å². The summed E-state index contributed by atoms with van der Waals surface area (Å²) in [5, 5.41) is 2.73. The predicted molar refractivity (Wildman–Crippen MR) is 97.8 cm³/mol. The summed E-state index contributed by atoms with van der Waals surface area (Å²) in [7, 11) is 3.11. The number of ether oxygens (including phenoxy) is 2. The minimum atomic E-state index is -0.275. The van der Waals surface area contributed by atoms with Crippen LogP contribution in [-0.2, 0) is 11.2 Å². The molecule has 0 fully saturated rings. The van der Waals surface area contributed by atoms with E-state index in [0.29, 0.717) is 41.4 Å². The third-order valence-corrected chi connectivity index (χ3v) is 4.05. The molecule has 2 aromatic carbocycles. The van der Waals surface area contributed by atoms with Crippen molar-refractivity contribution in [3.8, 4) is 11.5 Å². The molecule has 0 radical (unpaired) electrons. The molecule has 0 atom stereocenters. The number of benzene rings is 2. The van der Waals surface area contributed by atoms with Crippen LogP contribution in [0.3, 0.4) is 0 Å². The third-order valence-electron chi connectivity index (χ3n) is 4.05. The monoisotopic (exact) mass is 354 g/mol. The van der Waals surface area contributed by atoms with Crippen molar-refractivity contribution in [1.29, 1.82) is 0 Å². The number of methoxy groups -OCH3 is 2. The lowest BCUT2D eigenvalue weighted by Crippen LogP contribution is -2.24. The Labute approximate surface area is 151 Å². The number of amides is 1. The van der Waals surface area contributed by atoms with E-state index in [2.05, 4.69) is 10.3 Å². The second-order valence-electron chi connectivity index (χ2n) is 5.75. The Balaban J connectivity index is 1.75. The number of amidine groups is 1. The predicted octanol–water partition coefficient (Wildman–Crippen LogP) is 3.34. The van der Waals surface area contributed by atoms with Crippen molar-refractivity contribution in [3.63, 3.8) is 0 Å². The van der Waals surface area contributed by atoms with Gasteiger partial charge in [0, 0.05) is 6.42 Å². The van der Waals surface area contributed by atoms with Gasteiger partial charge in [0.25, 0.3) is 5.91 Å². The first kappa shape index (κ1) is 17.7. The molecule has 0 saturated carbocycles. The molecule has 0 spiro atoms. The van der Waals surface area contributed by atoms with Crippen LogP contribution in [0.2, 0.25) is 0 Å². The van der Waals surface area contributed by atoms with E-state index in [1.165, 1.54) is 6.07 Å². The SMILES string of the molecule is COc1ccc(/C=C2/N=C(CCc3ccccc3F)NC2=O)cc1OC. The van der Waals surface area contributed by atoms with Crippen molar-refractivity contribution in [2.24, 2.45) is 4.99 Å². The van der Waals surface area contributed by atoms with Gasteiger partial charge in [-0.25, -0.2) is 9.38 Å². The Bertz CT molecular complexity index is 890. The van der Waals surface area contributed by atoms with E-state index in [1.807, 2.05) is 6.07 Å².